The van der Waals surface area contributed by atoms with Gasteiger partial charge in [0.1, 0.15) is 11.5 Å². The maximum atomic E-state index is 6.15. The summed E-state index contributed by atoms with van der Waals surface area (Å²) in [5.41, 5.74) is 9.42. The molecule has 21 heavy (non-hydrogen) atoms. The number of ether oxygens (including phenoxy) is 2. The van der Waals surface area contributed by atoms with Gasteiger partial charge in [-0.3, -0.25) is 0 Å². The van der Waals surface area contributed by atoms with Gasteiger partial charge in [0.25, 0.3) is 0 Å². The maximum absolute atomic E-state index is 6.15. The molecule has 4 rings (SSSR count). The molecular weight excluding hydrogens is 264 g/mol. The second kappa shape index (κ2) is 4.21. The first-order chi connectivity index (χ1) is 10.1. The third-order valence-electron chi connectivity index (χ3n) is 4.49. The van der Waals surface area contributed by atoms with Crippen molar-refractivity contribution in [1.29, 1.82) is 0 Å². The zero-order valence-electron chi connectivity index (χ0n) is 12.2. The van der Waals surface area contributed by atoms with E-state index in [1.165, 1.54) is 11.1 Å². The Kier molecular flexibility index (Phi) is 2.54. The number of allylic oxidation sites excluding steroid dienone is 5. The molecule has 4 heteroatoms. The van der Waals surface area contributed by atoms with Crippen LogP contribution in [0.25, 0.3) is 0 Å². The maximum Gasteiger partial charge on any atom is 0.210 e. The fraction of sp³-hybridized carbons (Fsp3) is 0.353. The molecular formula is C17H18N2O2. The number of nitrogens with zero attached hydrogens (tertiary/aromatic N) is 1. The molecule has 0 radical (unpaired) electrons. The van der Waals surface area contributed by atoms with Crippen LogP contribution in [0.5, 0.6) is 0 Å². The Balaban J connectivity index is 1.97. The molecule has 2 heterocycles. The molecule has 4 aliphatic rings. The molecule has 2 atom stereocenters. The number of hydrogen-bond acceptors (Lipinski definition) is 4. The van der Waals surface area contributed by atoms with Crippen LogP contribution in [0, 0.1) is 5.41 Å². The predicted molar refractivity (Wildman–Crippen MR) is 81.3 cm³/mol. The smallest absolute Gasteiger partial charge is 0.210 e. The largest absolute Gasteiger partial charge is 0.481 e. The highest BCUT2D eigenvalue weighted by Crippen LogP contribution is 2.57. The Labute approximate surface area is 124 Å². The van der Waals surface area contributed by atoms with E-state index >= 15 is 0 Å². The minimum Gasteiger partial charge on any atom is -0.481 e. The molecule has 4 nitrogen and oxygen atoms in total. The molecule has 1 spiro atoms. The first-order valence-corrected chi connectivity index (χ1v) is 7.20. The average molecular weight is 282 g/mol. The van der Waals surface area contributed by atoms with Crippen LogP contribution in [0.2, 0.25) is 0 Å². The van der Waals surface area contributed by atoms with Crippen LogP contribution >= 0.6 is 0 Å². The normalized spacial score (nSPS) is 33.0. The Morgan fingerprint density at radius 2 is 2.29 bits per heavy atom. The molecule has 0 saturated heterocycles. The van der Waals surface area contributed by atoms with Crippen LogP contribution in [-0.2, 0) is 9.47 Å². The minimum absolute atomic E-state index is 0.0267. The molecule has 2 aliphatic heterocycles. The van der Waals surface area contributed by atoms with E-state index in [1.807, 2.05) is 6.21 Å². The van der Waals surface area contributed by atoms with E-state index in [4.69, 9.17) is 15.2 Å². The number of methoxy groups -OCH3 is 1. The van der Waals surface area contributed by atoms with Gasteiger partial charge in [0.05, 0.1) is 12.5 Å². The summed E-state index contributed by atoms with van der Waals surface area (Å²) in [6, 6.07) is -0.0267. The quantitative estimate of drug-likeness (QED) is 0.804. The van der Waals surface area contributed by atoms with Crippen molar-refractivity contribution in [3.8, 4) is 0 Å². The highest BCUT2D eigenvalue weighted by atomic mass is 16.5. The summed E-state index contributed by atoms with van der Waals surface area (Å²) in [6.07, 6.45) is 11.8. The lowest BCUT2D eigenvalue weighted by Gasteiger charge is -2.31. The standard InChI is InChI=1S/C17H18N2O2/c1-10-3-4-14-17(7-10)8-15(20-2)19-9-11-5-12(18)6-13(21-14)16(11)17/h3-5,8-9,12H,6-7,18H2,1-2H3. The number of rotatable bonds is 1. The van der Waals surface area contributed by atoms with Gasteiger partial charge in [0, 0.05) is 24.3 Å². The lowest BCUT2D eigenvalue weighted by atomic mass is 9.69. The summed E-state index contributed by atoms with van der Waals surface area (Å²) in [5.74, 6) is 2.56. The second-order valence-corrected chi connectivity index (χ2v) is 6.03. The molecule has 0 aromatic heterocycles. The number of nitrogens with two attached hydrogens (primary N) is 1. The van der Waals surface area contributed by atoms with Gasteiger partial charge in [-0.25, -0.2) is 4.99 Å². The summed E-state index contributed by atoms with van der Waals surface area (Å²) in [6.45, 7) is 2.14. The minimum atomic E-state index is -0.290. The van der Waals surface area contributed by atoms with Gasteiger partial charge < -0.3 is 15.2 Å². The second-order valence-electron chi connectivity index (χ2n) is 6.03. The summed E-state index contributed by atoms with van der Waals surface area (Å²) < 4.78 is 11.6. The molecule has 2 N–H and O–H groups in total. The van der Waals surface area contributed by atoms with Crippen molar-refractivity contribution >= 4 is 6.21 Å². The lowest BCUT2D eigenvalue weighted by Crippen LogP contribution is -2.27. The number of hydrogen-bond donors (Lipinski definition) is 1. The highest BCUT2D eigenvalue weighted by Gasteiger charge is 2.50. The monoisotopic (exact) mass is 282 g/mol. The van der Waals surface area contributed by atoms with Crippen LogP contribution in [-0.4, -0.2) is 19.4 Å². The van der Waals surface area contributed by atoms with Crippen LogP contribution in [0.1, 0.15) is 19.8 Å². The summed E-state index contributed by atoms with van der Waals surface area (Å²) in [7, 11) is 1.65. The fourth-order valence-electron chi connectivity index (χ4n) is 3.67. The van der Waals surface area contributed by atoms with Crippen molar-refractivity contribution in [1.82, 2.24) is 0 Å². The van der Waals surface area contributed by atoms with Crippen molar-refractivity contribution in [2.24, 2.45) is 16.1 Å². The van der Waals surface area contributed by atoms with Gasteiger partial charge in [-0.15, -0.1) is 0 Å². The van der Waals surface area contributed by atoms with Crippen molar-refractivity contribution in [3.05, 3.63) is 58.4 Å². The zero-order valence-corrected chi connectivity index (χ0v) is 12.2. The van der Waals surface area contributed by atoms with E-state index in [0.29, 0.717) is 5.88 Å². The molecule has 0 amide bonds. The summed E-state index contributed by atoms with van der Waals surface area (Å²) in [4.78, 5) is 4.44. The molecule has 2 aliphatic carbocycles. The van der Waals surface area contributed by atoms with Gasteiger partial charge in [-0.05, 0) is 31.1 Å². The Bertz CT molecular complexity index is 706. The Hall–Kier alpha value is -2.07. The first kappa shape index (κ1) is 12.7. The van der Waals surface area contributed by atoms with Gasteiger partial charge in [0.2, 0.25) is 5.88 Å². The molecule has 0 bridgehead atoms. The fourth-order valence-corrected chi connectivity index (χ4v) is 3.67. The molecule has 0 saturated carbocycles. The number of aliphatic imine (C=N–C) groups is 1. The van der Waals surface area contributed by atoms with E-state index in [9.17, 15) is 0 Å². The lowest BCUT2D eigenvalue weighted by molar-refractivity contribution is 0.253. The van der Waals surface area contributed by atoms with Gasteiger partial charge in [0.15, 0.2) is 0 Å². The zero-order chi connectivity index (χ0) is 14.6. The van der Waals surface area contributed by atoms with Gasteiger partial charge in [-0.2, -0.15) is 0 Å². The SMILES string of the molecule is COC1=CC23CC(C)=CC=C2OC2=C3C(=CC(N)C2)C=N1. The van der Waals surface area contributed by atoms with Crippen molar-refractivity contribution < 1.29 is 9.47 Å². The first-order valence-electron chi connectivity index (χ1n) is 7.20. The molecule has 0 fully saturated rings. The Morgan fingerprint density at radius 1 is 1.43 bits per heavy atom. The van der Waals surface area contributed by atoms with Crippen molar-refractivity contribution in [3.63, 3.8) is 0 Å². The van der Waals surface area contributed by atoms with Crippen LogP contribution in [0.15, 0.2) is 63.4 Å². The Morgan fingerprint density at radius 3 is 3.10 bits per heavy atom. The van der Waals surface area contributed by atoms with E-state index < -0.39 is 0 Å². The third-order valence-corrected chi connectivity index (χ3v) is 4.49. The third kappa shape index (κ3) is 1.69. The summed E-state index contributed by atoms with van der Waals surface area (Å²) >= 11 is 0. The predicted octanol–water partition coefficient (Wildman–Crippen LogP) is 2.72. The highest BCUT2D eigenvalue weighted by molar-refractivity contribution is 5.89. The van der Waals surface area contributed by atoms with Gasteiger partial charge in [-0.1, -0.05) is 17.7 Å². The average Bonchev–Trinajstić information content (AvgIpc) is 2.66. The molecule has 108 valence electrons. The van der Waals surface area contributed by atoms with E-state index in [-0.39, 0.29) is 11.5 Å². The van der Waals surface area contributed by atoms with E-state index in [0.717, 1.165) is 29.9 Å². The molecule has 2 unspecified atom stereocenters. The van der Waals surface area contributed by atoms with E-state index in [2.05, 4.69) is 36.2 Å². The summed E-state index contributed by atoms with van der Waals surface area (Å²) in [5, 5.41) is 0. The molecule has 0 aromatic carbocycles. The van der Waals surface area contributed by atoms with Crippen LogP contribution in [0.4, 0.5) is 0 Å². The van der Waals surface area contributed by atoms with Crippen molar-refractivity contribution in [2.45, 2.75) is 25.8 Å². The topological polar surface area (TPSA) is 56.8 Å². The van der Waals surface area contributed by atoms with Crippen molar-refractivity contribution in [2.75, 3.05) is 7.11 Å². The van der Waals surface area contributed by atoms with Crippen LogP contribution < -0.4 is 5.73 Å². The van der Waals surface area contributed by atoms with E-state index in [1.54, 1.807) is 7.11 Å². The van der Waals surface area contributed by atoms with Crippen LogP contribution in [0.3, 0.4) is 0 Å². The molecule has 0 aromatic rings. The van der Waals surface area contributed by atoms with Gasteiger partial charge >= 0.3 is 0 Å².